The lowest BCUT2D eigenvalue weighted by molar-refractivity contribution is 0.877. The number of hydrogen-bond acceptors (Lipinski definition) is 3. The molecule has 0 radical (unpaired) electrons. The predicted octanol–water partition coefficient (Wildman–Crippen LogP) is 13.3. The molecule has 3 heterocycles. The Kier molecular flexibility index (Phi) is 9.99. The number of allylic oxidation sites excluding steroid dienone is 1. The molecule has 8 rings (SSSR count). The Labute approximate surface area is 316 Å². The number of aromatic nitrogens is 2. The molecule has 1 aliphatic rings. The van der Waals surface area contributed by atoms with E-state index in [2.05, 4.69) is 161 Å². The molecule has 1 aliphatic heterocycles. The Hall–Kier alpha value is -6.17. The zero-order valence-corrected chi connectivity index (χ0v) is 30.6. The molecule has 0 aliphatic carbocycles. The van der Waals surface area contributed by atoms with Crippen molar-refractivity contribution in [1.29, 1.82) is 0 Å². The van der Waals surface area contributed by atoms with Crippen molar-refractivity contribution in [2.75, 3.05) is 10.6 Å². The van der Waals surface area contributed by atoms with E-state index in [1.54, 1.807) is 11.8 Å². The Morgan fingerprint density at radius 3 is 1.83 bits per heavy atom. The van der Waals surface area contributed by atoms with Crippen molar-refractivity contribution in [3.05, 3.63) is 194 Å². The van der Waals surface area contributed by atoms with Crippen LogP contribution in [0.1, 0.15) is 29.9 Å². The quantitative estimate of drug-likeness (QED) is 0.116. The molecule has 1 unspecified atom stereocenters. The number of nitrogen functional groups attached to an aromatic ring is 1. The van der Waals surface area contributed by atoms with Gasteiger partial charge in [-0.2, -0.15) is 0 Å². The number of nitrogens with zero attached hydrogens (tertiary/aromatic N) is 2. The molecule has 0 fully saturated rings. The molecule has 0 saturated heterocycles. The van der Waals surface area contributed by atoms with Crippen LogP contribution in [-0.2, 0) is 6.42 Å². The minimum Gasteiger partial charge on any atom is -0.398 e. The Morgan fingerprint density at radius 2 is 1.19 bits per heavy atom. The summed E-state index contributed by atoms with van der Waals surface area (Å²) in [6.07, 6.45) is 12.8. The van der Waals surface area contributed by atoms with Gasteiger partial charge in [-0.05, 0) is 119 Å². The predicted molar refractivity (Wildman–Crippen MR) is 226 cm³/mol. The molecule has 2 aromatic heterocycles. The maximum Gasteiger partial charge on any atom is 0.0462 e. The van der Waals surface area contributed by atoms with Gasteiger partial charge in [0.05, 0.1) is 0 Å². The number of anilines is 4. The number of aryl methyl sites for hydroxylation is 1. The summed E-state index contributed by atoms with van der Waals surface area (Å²) < 4.78 is 2.25. The van der Waals surface area contributed by atoms with E-state index in [1.807, 2.05) is 48.8 Å². The first-order valence-corrected chi connectivity index (χ1v) is 19.0. The third-order valence-corrected chi connectivity index (χ3v) is 11.0. The van der Waals surface area contributed by atoms with Crippen LogP contribution >= 0.6 is 11.8 Å². The monoisotopic (exact) mass is 706 g/mol. The number of aromatic amines is 1. The number of para-hydroxylation sites is 1. The van der Waals surface area contributed by atoms with Crippen LogP contribution in [-0.4, -0.2) is 9.55 Å². The van der Waals surface area contributed by atoms with E-state index in [0.29, 0.717) is 0 Å². The van der Waals surface area contributed by atoms with Crippen molar-refractivity contribution >= 4 is 40.7 Å². The van der Waals surface area contributed by atoms with Crippen LogP contribution < -0.4 is 10.6 Å². The molecular weight excluding hydrogens is 665 g/mol. The number of rotatable bonds is 9. The van der Waals surface area contributed by atoms with Gasteiger partial charge in [0.15, 0.2) is 0 Å². The van der Waals surface area contributed by atoms with E-state index in [4.69, 9.17) is 5.73 Å². The standard InChI is InChI=1S/C48H42N4S/c1-35(53-48-13-6-5-12-47(48)49)36-14-16-37(17-15-36)38-18-24-43(25-19-38)52(44-26-20-39(21-27-44)41-10-4-2-3-8-30-50-33-41)45-28-22-40(23-29-45)42-32-46-11-7-9-31-51(46)34-42/h2-6,8-10,12-35,50H,7,11,49H2,1H3. The zero-order valence-electron chi connectivity index (χ0n) is 29.8. The maximum absolute atomic E-state index is 6.22. The molecule has 5 aromatic carbocycles. The van der Waals surface area contributed by atoms with Crippen LogP contribution in [0.5, 0.6) is 0 Å². The lowest BCUT2D eigenvalue weighted by Gasteiger charge is -2.26. The minimum atomic E-state index is 0.288. The van der Waals surface area contributed by atoms with Crippen LogP contribution in [0.3, 0.4) is 0 Å². The van der Waals surface area contributed by atoms with Crippen molar-refractivity contribution in [1.82, 2.24) is 9.55 Å². The highest BCUT2D eigenvalue weighted by Crippen LogP contribution is 2.40. The van der Waals surface area contributed by atoms with Gasteiger partial charge in [0, 0.05) is 63.4 Å². The summed E-state index contributed by atoms with van der Waals surface area (Å²) in [5.74, 6) is 0. The molecule has 3 N–H and O–H groups in total. The van der Waals surface area contributed by atoms with Gasteiger partial charge >= 0.3 is 0 Å². The number of fused-ring (bicyclic) bond motifs is 1. The smallest absolute Gasteiger partial charge is 0.0462 e. The summed E-state index contributed by atoms with van der Waals surface area (Å²) in [5.41, 5.74) is 20.1. The molecule has 260 valence electrons. The third kappa shape index (κ3) is 7.71. The van der Waals surface area contributed by atoms with Gasteiger partial charge in [0.2, 0.25) is 0 Å². The Balaban J connectivity index is 1.09. The van der Waals surface area contributed by atoms with E-state index >= 15 is 0 Å². The second kappa shape index (κ2) is 15.6. The molecule has 0 saturated carbocycles. The van der Waals surface area contributed by atoms with E-state index in [9.17, 15) is 0 Å². The fraction of sp³-hybridized carbons (Fsp3) is 0.0833. The van der Waals surface area contributed by atoms with Gasteiger partial charge < -0.3 is 20.2 Å². The van der Waals surface area contributed by atoms with Gasteiger partial charge in [-0.3, -0.25) is 0 Å². The highest BCUT2D eigenvalue weighted by molar-refractivity contribution is 7.99. The first-order chi connectivity index (χ1) is 26.1. The van der Waals surface area contributed by atoms with E-state index in [1.165, 1.54) is 33.5 Å². The number of nitrogens with one attached hydrogen (secondary N) is 1. The molecule has 53 heavy (non-hydrogen) atoms. The molecule has 1 atom stereocenters. The molecule has 5 heteroatoms. The first kappa shape index (κ1) is 33.9. The number of benzene rings is 5. The van der Waals surface area contributed by atoms with E-state index in [-0.39, 0.29) is 5.25 Å². The SMILES string of the molecule is CC(Sc1ccccc1N)c1ccc(-c2ccc(N(c3ccc(-c4cccccc[nH]c4)cc3)c3ccc(-c4cc5n(c4)C=CCC5)cc3)cc2)cc1. The average molecular weight is 707 g/mol. The lowest BCUT2D eigenvalue weighted by atomic mass is 10.0. The molecule has 0 amide bonds. The van der Waals surface area contributed by atoms with Gasteiger partial charge in [-0.1, -0.05) is 103 Å². The van der Waals surface area contributed by atoms with Gasteiger partial charge in [-0.25, -0.2) is 0 Å². The van der Waals surface area contributed by atoms with Crippen LogP contribution in [0.2, 0.25) is 0 Å². The number of H-pyrrole nitrogens is 1. The van der Waals surface area contributed by atoms with Crippen molar-refractivity contribution in [3.63, 3.8) is 0 Å². The molecule has 0 bridgehead atoms. The fourth-order valence-electron chi connectivity index (χ4n) is 6.85. The second-order valence-corrected chi connectivity index (χ2v) is 14.7. The lowest BCUT2D eigenvalue weighted by Crippen LogP contribution is -2.09. The molecule has 7 aromatic rings. The van der Waals surface area contributed by atoms with Crippen molar-refractivity contribution in [2.45, 2.75) is 29.9 Å². The van der Waals surface area contributed by atoms with Gasteiger partial charge in [0.25, 0.3) is 0 Å². The van der Waals surface area contributed by atoms with Gasteiger partial charge in [-0.15, -0.1) is 11.8 Å². The normalized spacial score (nSPS) is 12.5. The first-order valence-electron chi connectivity index (χ1n) is 18.2. The van der Waals surface area contributed by atoms with Crippen molar-refractivity contribution < 1.29 is 0 Å². The summed E-state index contributed by atoms with van der Waals surface area (Å²) in [5, 5.41) is 0.288. The van der Waals surface area contributed by atoms with Crippen LogP contribution in [0.15, 0.2) is 187 Å². The second-order valence-electron chi connectivity index (χ2n) is 13.3. The highest BCUT2D eigenvalue weighted by Gasteiger charge is 2.15. The number of hydrogen-bond donors (Lipinski definition) is 2. The maximum atomic E-state index is 6.22. The molecule has 4 nitrogen and oxygen atoms in total. The van der Waals surface area contributed by atoms with Gasteiger partial charge in [0.1, 0.15) is 0 Å². The summed E-state index contributed by atoms with van der Waals surface area (Å²) in [6, 6.07) is 56.2. The fourth-order valence-corrected chi connectivity index (χ4v) is 7.89. The number of thioether (sulfide) groups is 1. The van der Waals surface area contributed by atoms with Crippen molar-refractivity contribution in [3.8, 4) is 33.4 Å². The summed E-state index contributed by atoms with van der Waals surface area (Å²) >= 11 is 1.79. The molecular formula is C48H42N4S. The van der Waals surface area contributed by atoms with E-state index in [0.717, 1.165) is 51.6 Å². The van der Waals surface area contributed by atoms with Crippen LogP contribution in [0.4, 0.5) is 22.7 Å². The summed E-state index contributed by atoms with van der Waals surface area (Å²) in [6.45, 7) is 2.23. The topological polar surface area (TPSA) is 50.0 Å². The van der Waals surface area contributed by atoms with Crippen molar-refractivity contribution in [2.24, 2.45) is 0 Å². The largest absolute Gasteiger partial charge is 0.398 e. The summed E-state index contributed by atoms with van der Waals surface area (Å²) in [4.78, 5) is 6.72. The Morgan fingerprint density at radius 1 is 0.623 bits per heavy atom. The van der Waals surface area contributed by atoms with Crippen LogP contribution in [0, 0.1) is 0 Å². The highest BCUT2D eigenvalue weighted by atomic mass is 32.2. The number of nitrogens with two attached hydrogens (primary N) is 1. The third-order valence-electron chi connectivity index (χ3n) is 9.78. The average Bonchev–Trinajstić information content (AvgIpc) is 3.70. The van der Waals surface area contributed by atoms with E-state index < -0.39 is 0 Å². The minimum absolute atomic E-state index is 0.288. The Bertz CT molecular complexity index is 2360. The summed E-state index contributed by atoms with van der Waals surface area (Å²) in [7, 11) is 0. The molecule has 0 spiro atoms. The zero-order chi connectivity index (χ0) is 36.0. The van der Waals surface area contributed by atoms with Crippen LogP contribution in [0.25, 0.3) is 39.6 Å².